The summed E-state index contributed by atoms with van der Waals surface area (Å²) in [6.07, 6.45) is 4.13. The molecule has 2 atom stereocenters. The van der Waals surface area contributed by atoms with Gasteiger partial charge in [0, 0.05) is 31.0 Å². The molecule has 0 radical (unpaired) electrons. The molecule has 0 bridgehead atoms. The van der Waals surface area contributed by atoms with Crippen LogP contribution in [0.1, 0.15) is 47.0 Å². The summed E-state index contributed by atoms with van der Waals surface area (Å²) in [5, 5.41) is 10.3. The normalized spacial score (nSPS) is 20.7. The minimum Gasteiger partial charge on any atom is -0.493 e. The van der Waals surface area contributed by atoms with Crippen molar-refractivity contribution < 1.29 is 19.1 Å². The van der Waals surface area contributed by atoms with Gasteiger partial charge in [-0.25, -0.2) is 0 Å². The number of rotatable bonds is 4. The zero-order chi connectivity index (χ0) is 16.5. The van der Waals surface area contributed by atoms with Gasteiger partial charge in [-0.05, 0) is 48.7 Å². The van der Waals surface area contributed by atoms with Crippen LogP contribution in [0.3, 0.4) is 0 Å². The van der Waals surface area contributed by atoms with Gasteiger partial charge in [-0.15, -0.1) is 0 Å². The Bertz CT molecular complexity index is 725. The van der Waals surface area contributed by atoms with Crippen molar-refractivity contribution in [2.45, 2.75) is 37.8 Å². The maximum atomic E-state index is 12.9. The zero-order valence-corrected chi connectivity index (χ0v) is 13.5. The average molecular weight is 327 g/mol. The SMILES string of the molecule is O=C(c1ccc2c(c1)CCO2)N1CCCC1CC(O)c1ccco1. The van der Waals surface area contributed by atoms with Crippen molar-refractivity contribution >= 4 is 5.91 Å². The summed E-state index contributed by atoms with van der Waals surface area (Å²) in [7, 11) is 0. The van der Waals surface area contributed by atoms with Gasteiger partial charge >= 0.3 is 0 Å². The molecule has 0 aliphatic carbocycles. The van der Waals surface area contributed by atoms with Gasteiger partial charge in [-0.3, -0.25) is 4.79 Å². The van der Waals surface area contributed by atoms with E-state index in [4.69, 9.17) is 9.15 Å². The van der Waals surface area contributed by atoms with Gasteiger partial charge in [-0.2, -0.15) is 0 Å². The van der Waals surface area contributed by atoms with Gasteiger partial charge in [0.2, 0.25) is 0 Å². The Kier molecular flexibility index (Phi) is 4.02. The van der Waals surface area contributed by atoms with Crippen molar-refractivity contribution in [2.75, 3.05) is 13.2 Å². The van der Waals surface area contributed by atoms with Crippen molar-refractivity contribution in [3.05, 3.63) is 53.5 Å². The van der Waals surface area contributed by atoms with E-state index >= 15 is 0 Å². The molecular weight excluding hydrogens is 306 g/mol. The summed E-state index contributed by atoms with van der Waals surface area (Å²) in [5.41, 5.74) is 1.81. The number of benzene rings is 1. The summed E-state index contributed by atoms with van der Waals surface area (Å²) < 4.78 is 10.8. The lowest BCUT2D eigenvalue weighted by atomic mass is 10.0. The van der Waals surface area contributed by atoms with Crippen molar-refractivity contribution in [3.63, 3.8) is 0 Å². The molecule has 1 fully saturated rings. The second kappa shape index (κ2) is 6.32. The van der Waals surface area contributed by atoms with Gasteiger partial charge in [0.05, 0.1) is 12.9 Å². The van der Waals surface area contributed by atoms with Crippen LogP contribution in [0.25, 0.3) is 0 Å². The van der Waals surface area contributed by atoms with E-state index in [9.17, 15) is 9.90 Å². The van der Waals surface area contributed by atoms with E-state index in [2.05, 4.69) is 0 Å². The summed E-state index contributed by atoms with van der Waals surface area (Å²) in [5.74, 6) is 1.49. The maximum absolute atomic E-state index is 12.9. The molecule has 2 aromatic rings. The molecule has 1 saturated heterocycles. The van der Waals surface area contributed by atoms with Crippen LogP contribution in [0.5, 0.6) is 5.75 Å². The molecule has 4 rings (SSSR count). The fourth-order valence-electron chi connectivity index (χ4n) is 3.69. The molecule has 2 aliphatic rings. The zero-order valence-electron chi connectivity index (χ0n) is 13.5. The summed E-state index contributed by atoms with van der Waals surface area (Å²) in [6, 6.07) is 9.25. The number of aliphatic hydroxyl groups excluding tert-OH is 1. The highest BCUT2D eigenvalue weighted by atomic mass is 16.5. The van der Waals surface area contributed by atoms with Gasteiger partial charge in [-0.1, -0.05) is 0 Å². The summed E-state index contributed by atoms with van der Waals surface area (Å²) >= 11 is 0. The highest BCUT2D eigenvalue weighted by Crippen LogP contribution is 2.31. The van der Waals surface area contributed by atoms with E-state index in [1.807, 2.05) is 23.1 Å². The third-order valence-corrected chi connectivity index (χ3v) is 4.94. The number of likely N-dealkylation sites (tertiary alicyclic amines) is 1. The molecule has 0 saturated carbocycles. The second-order valence-electron chi connectivity index (χ2n) is 6.48. The number of hydrogen-bond acceptors (Lipinski definition) is 4. The van der Waals surface area contributed by atoms with Crippen molar-refractivity contribution in [1.82, 2.24) is 4.90 Å². The maximum Gasteiger partial charge on any atom is 0.254 e. The molecule has 1 aromatic carbocycles. The summed E-state index contributed by atoms with van der Waals surface area (Å²) in [6.45, 7) is 1.43. The van der Waals surface area contributed by atoms with Gasteiger partial charge < -0.3 is 19.2 Å². The Balaban J connectivity index is 1.49. The number of nitrogens with zero attached hydrogens (tertiary/aromatic N) is 1. The van der Waals surface area contributed by atoms with Gasteiger partial charge in [0.15, 0.2) is 0 Å². The van der Waals surface area contributed by atoms with Crippen LogP contribution < -0.4 is 4.74 Å². The molecule has 5 nitrogen and oxygen atoms in total. The lowest BCUT2D eigenvalue weighted by Crippen LogP contribution is -2.36. The first-order valence-electron chi connectivity index (χ1n) is 8.50. The Morgan fingerprint density at radius 3 is 3.12 bits per heavy atom. The summed E-state index contributed by atoms with van der Waals surface area (Å²) in [4.78, 5) is 14.8. The third-order valence-electron chi connectivity index (χ3n) is 4.94. The van der Waals surface area contributed by atoms with E-state index < -0.39 is 6.10 Å². The van der Waals surface area contributed by atoms with E-state index in [1.165, 1.54) is 0 Å². The number of furan rings is 1. The topological polar surface area (TPSA) is 62.9 Å². The number of amides is 1. The molecule has 0 spiro atoms. The highest BCUT2D eigenvalue weighted by molar-refractivity contribution is 5.95. The molecule has 1 aromatic heterocycles. The molecule has 2 aliphatic heterocycles. The monoisotopic (exact) mass is 327 g/mol. The Hall–Kier alpha value is -2.27. The number of aliphatic hydroxyl groups is 1. The van der Waals surface area contributed by atoms with E-state index in [0.717, 1.165) is 37.1 Å². The molecule has 126 valence electrons. The van der Waals surface area contributed by atoms with Gasteiger partial charge in [0.1, 0.15) is 17.6 Å². The molecule has 2 unspecified atom stereocenters. The smallest absolute Gasteiger partial charge is 0.254 e. The lowest BCUT2D eigenvalue weighted by molar-refractivity contribution is 0.0641. The highest BCUT2D eigenvalue weighted by Gasteiger charge is 2.32. The van der Waals surface area contributed by atoms with E-state index in [1.54, 1.807) is 18.4 Å². The Labute approximate surface area is 140 Å². The standard InChI is InChI=1S/C19H21NO4/c21-16(18-4-2-9-23-18)12-15-3-1-8-20(15)19(22)14-5-6-17-13(11-14)7-10-24-17/h2,4-6,9,11,15-16,21H,1,3,7-8,10,12H2. The van der Waals surface area contributed by atoms with Crippen molar-refractivity contribution in [3.8, 4) is 5.75 Å². The number of ether oxygens (including phenoxy) is 1. The first-order valence-corrected chi connectivity index (χ1v) is 8.50. The second-order valence-corrected chi connectivity index (χ2v) is 6.48. The van der Waals surface area contributed by atoms with Crippen LogP contribution in [0.15, 0.2) is 41.0 Å². The Morgan fingerprint density at radius 1 is 1.38 bits per heavy atom. The molecular formula is C19H21NO4. The molecule has 1 amide bonds. The first-order chi connectivity index (χ1) is 11.7. The van der Waals surface area contributed by atoms with E-state index in [0.29, 0.717) is 24.4 Å². The third kappa shape index (κ3) is 2.80. The van der Waals surface area contributed by atoms with Crippen molar-refractivity contribution in [2.24, 2.45) is 0 Å². The predicted molar refractivity (Wildman–Crippen MR) is 88.0 cm³/mol. The predicted octanol–water partition coefficient (Wildman–Crippen LogP) is 2.94. The van der Waals surface area contributed by atoms with Crippen LogP contribution in [0.4, 0.5) is 0 Å². The lowest BCUT2D eigenvalue weighted by Gasteiger charge is -2.26. The van der Waals surface area contributed by atoms with Crippen LogP contribution >= 0.6 is 0 Å². The Morgan fingerprint density at radius 2 is 2.29 bits per heavy atom. The minimum atomic E-state index is -0.674. The van der Waals surface area contributed by atoms with E-state index in [-0.39, 0.29) is 11.9 Å². The number of hydrogen-bond donors (Lipinski definition) is 1. The minimum absolute atomic E-state index is 0.0406. The van der Waals surface area contributed by atoms with Crippen LogP contribution in [0.2, 0.25) is 0 Å². The van der Waals surface area contributed by atoms with Crippen LogP contribution in [-0.2, 0) is 6.42 Å². The average Bonchev–Trinajstić information content (AvgIpc) is 3.34. The largest absolute Gasteiger partial charge is 0.493 e. The van der Waals surface area contributed by atoms with Crippen LogP contribution in [-0.4, -0.2) is 35.1 Å². The van der Waals surface area contributed by atoms with Crippen molar-refractivity contribution in [1.29, 1.82) is 0 Å². The fraction of sp³-hybridized carbons (Fsp3) is 0.421. The number of carbonyl (C=O) groups excluding carboxylic acids is 1. The molecule has 24 heavy (non-hydrogen) atoms. The number of carbonyl (C=O) groups is 1. The quantitative estimate of drug-likeness (QED) is 0.938. The molecule has 1 N–H and O–H groups in total. The molecule has 3 heterocycles. The number of fused-ring (bicyclic) bond motifs is 1. The fourth-order valence-corrected chi connectivity index (χ4v) is 3.69. The van der Waals surface area contributed by atoms with Crippen LogP contribution in [0, 0.1) is 0 Å². The first kappa shape index (κ1) is 15.3. The van der Waals surface area contributed by atoms with Gasteiger partial charge in [0.25, 0.3) is 5.91 Å². The molecule has 5 heteroatoms.